The Morgan fingerprint density at radius 3 is 2.35 bits per heavy atom. The zero-order valence-corrected chi connectivity index (χ0v) is 13.5. The Hall–Kier alpha value is -2.12. The molecule has 0 spiro atoms. The smallest absolute Gasteiger partial charge is 0.0291 e. The normalized spacial score (nSPS) is 23.6. The van der Waals surface area contributed by atoms with Crippen LogP contribution >= 0.6 is 0 Å². The molecule has 0 amide bonds. The Balaban J connectivity index is 1.54. The SMILES string of the molecule is C=C(C1=CC2CCC(C1)N2Cc1ccccc1)c1ccccc1. The summed E-state index contributed by atoms with van der Waals surface area (Å²) in [6, 6.07) is 22.7. The maximum Gasteiger partial charge on any atom is 0.0291 e. The average molecular weight is 301 g/mol. The maximum absolute atomic E-state index is 4.37. The Kier molecular flexibility index (Phi) is 3.88. The van der Waals surface area contributed by atoms with Gasteiger partial charge in [-0.1, -0.05) is 73.3 Å². The summed E-state index contributed by atoms with van der Waals surface area (Å²) in [6.45, 7) is 5.43. The van der Waals surface area contributed by atoms with Gasteiger partial charge in [0.2, 0.25) is 0 Å². The molecule has 2 aromatic carbocycles. The van der Waals surface area contributed by atoms with Gasteiger partial charge in [-0.2, -0.15) is 0 Å². The van der Waals surface area contributed by atoms with Gasteiger partial charge in [-0.25, -0.2) is 0 Å². The Morgan fingerprint density at radius 2 is 1.65 bits per heavy atom. The molecule has 116 valence electrons. The van der Waals surface area contributed by atoms with Gasteiger partial charge in [0, 0.05) is 18.6 Å². The summed E-state index contributed by atoms with van der Waals surface area (Å²) in [4.78, 5) is 2.68. The highest BCUT2D eigenvalue weighted by molar-refractivity contribution is 5.77. The molecule has 1 saturated heterocycles. The van der Waals surface area contributed by atoms with E-state index in [-0.39, 0.29) is 0 Å². The third-order valence-corrected chi connectivity index (χ3v) is 5.26. The van der Waals surface area contributed by atoms with Gasteiger partial charge in [0.1, 0.15) is 0 Å². The second-order valence-electron chi connectivity index (χ2n) is 6.70. The van der Waals surface area contributed by atoms with Crippen molar-refractivity contribution in [3.63, 3.8) is 0 Å². The topological polar surface area (TPSA) is 3.24 Å². The summed E-state index contributed by atoms with van der Waals surface area (Å²) in [5.41, 5.74) is 5.34. The summed E-state index contributed by atoms with van der Waals surface area (Å²) in [7, 11) is 0. The van der Waals surface area contributed by atoms with Crippen molar-refractivity contribution in [2.75, 3.05) is 0 Å². The first kappa shape index (κ1) is 14.5. The van der Waals surface area contributed by atoms with Gasteiger partial charge in [0.25, 0.3) is 0 Å². The van der Waals surface area contributed by atoms with Crippen molar-refractivity contribution >= 4 is 5.57 Å². The van der Waals surface area contributed by atoms with E-state index in [0.29, 0.717) is 12.1 Å². The molecule has 2 aromatic rings. The molecular formula is C22H23N. The van der Waals surface area contributed by atoms with Crippen molar-refractivity contribution in [1.82, 2.24) is 4.90 Å². The quantitative estimate of drug-likeness (QED) is 0.762. The molecule has 0 aliphatic carbocycles. The summed E-state index contributed by atoms with van der Waals surface area (Å²) < 4.78 is 0. The predicted molar refractivity (Wildman–Crippen MR) is 97.0 cm³/mol. The zero-order chi connectivity index (χ0) is 15.6. The minimum atomic E-state index is 0.574. The van der Waals surface area contributed by atoms with Gasteiger partial charge in [-0.3, -0.25) is 4.90 Å². The molecule has 0 aromatic heterocycles. The van der Waals surface area contributed by atoms with E-state index in [1.807, 2.05) is 0 Å². The van der Waals surface area contributed by atoms with Crippen LogP contribution in [-0.4, -0.2) is 17.0 Å². The largest absolute Gasteiger partial charge is 0.289 e. The number of benzene rings is 2. The van der Waals surface area contributed by atoms with Crippen LogP contribution in [0.4, 0.5) is 0 Å². The molecule has 2 bridgehead atoms. The molecule has 4 rings (SSSR count). The van der Waals surface area contributed by atoms with E-state index < -0.39 is 0 Å². The second-order valence-corrected chi connectivity index (χ2v) is 6.70. The van der Waals surface area contributed by atoms with Gasteiger partial charge in [0.05, 0.1) is 0 Å². The van der Waals surface area contributed by atoms with E-state index in [2.05, 4.69) is 78.2 Å². The van der Waals surface area contributed by atoms with Gasteiger partial charge in [0.15, 0.2) is 0 Å². The fourth-order valence-corrected chi connectivity index (χ4v) is 4.01. The van der Waals surface area contributed by atoms with E-state index >= 15 is 0 Å². The fraction of sp³-hybridized carbons (Fsp3) is 0.273. The van der Waals surface area contributed by atoms with Crippen LogP contribution in [0.3, 0.4) is 0 Å². The standard InChI is InChI=1S/C22H23N/c1-17(19-10-6-3-7-11-19)20-14-21-12-13-22(15-20)23(21)16-18-8-4-2-5-9-18/h2-11,14,21-22H,1,12-13,15-16H2. The first-order valence-corrected chi connectivity index (χ1v) is 8.56. The first-order chi connectivity index (χ1) is 11.3. The lowest BCUT2D eigenvalue weighted by atomic mass is 9.91. The summed E-state index contributed by atoms with van der Waals surface area (Å²) in [5, 5.41) is 0. The van der Waals surface area contributed by atoms with Crippen molar-refractivity contribution in [3.8, 4) is 0 Å². The van der Waals surface area contributed by atoms with E-state index in [1.165, 1.54) is 35.1 Å². The van der Waals surface area contributed by atoms with Crippen molar-refractivity contribution in [2.45, 2.75) is 37.9 Å². The van der Waals surface area contributed by atoms with E-state index in [0.717, 1.165) is 13.0 Å². The molecule has 1 fully saturated rings. The van der Waals surface area contributed by atoms with E-state index in [4.69, 9.17) is 0 Å². The molecule has 23 heavy (non-hydrogen) atoms. The van der Waals surface area contributed by atoms with Gasteiger partial charge >= 0.3 is 0 Å². The highest BCUT2D eigenvalue weighted by Crippen LogP contribution is 2.39. The minimum Gasteiger partial charge on any atom is -0.289 e. The summed E-state index contributed by atoms with van der Waals surface area (Å²) in [5.74, 6) is 0. The van der Waals surface area contributed by atoms with Gasteiger partial charge in [-0.15, -0.1) is 0 Å². The number of hydrogen-bond donors (Lipinski definition) is 0. The van der Waals surface area contributed by atoms with Gasteiger partial charge < -0.3 is 0 Å². The van der Waals surface area contributed by atoms with Crippen LogP contribution in [0.2, 0.25) is 0 Å². The zero-order valence-electron chi connectivity index (χ0n) is 13.5. The van der Waals surface area contributed by atoms with Crippen LogP contribution in [-0.2, 0) is 6.54 Å². The van der Waals surface area contributed by atoms with Gasteiger partial charge in [-0.05, 0) is 41.5 Å². The average Bonchev–Trinajstić information content (AvgIpc) is 2.84. The third-order valence-electron chi connectivity index (χ3n) is 5.26. The van der Waals surface area contributed by atoms with Crippen molar-refractivity contribution in [1.29, 1.82) is 0 Å². The molecule has 2 aliphatic rings. The first-order valence-electron chi connectivity index (χ1n) is 8.56. The number of hydrogen-bond acceptors (Lipinski definition) is 1. The second kappa shape index (κ2) is 6.17. The monoisotopic (exact) mass is 301 g/mol. The van der Waals surface area contributed by atoms with Crippen LogP contribution in [0.1, 0.15) is 30.4 Å². The fourth-order valence-electron chi connectivity index (χ4n) is 4.01. The van der Waals surface area contributed by atoms with Crippen LogP contribution < -0.4 is 0 Å². The highest BCUT2D eigenvalue weighted by atomic mass is 15.2. The van der Waals surface area contributed by atoms with Crippen LogP contribution in [0.5, 0.6) is 0 Å². The molecule has 1 nitrogen and oxygen atoms in total. The predicted octanol–water partition coefficient (Wildman–Crippen LogP) is 5.06. The number of allylic oxidation sites excluding steroid dienone is 1. The molecule has 2 aliphatic heterocycles. The molecule has 0 radical (unpaired) electrons. The lowest BCUT2D eigenvalue weighted by Crippen LogP contribution is -2.38. The molecule has 2 heterocycles. The lowest BCUT2D eigenvalue weighted by Gasteiger charge is -2.34. The van der Waals surface area contributed by atoms with Crippen LogP contribution in [0.25, 0.3) is 5.57 Å². The Bertz CT molecular complexity index is 714. The van der Waals surface area contributed by atoms with Crippen LogP contribution in [0, 0.1) is 0 Å². The molecule has 0 N–H and O–H groups in total. The van der Waals surface area contributed by atoms with Crippen molar-refractivity contribution in [2.24, 2.45) is 0 Å². The van der Waals surface area contributed by atoms with Crippen molar-refractivity contribution < 1.29 is 0 Å². The minimum absolute atomic E-state index is 0.574. The molecule has 1 heteroatoms. The Labute approximate surface area is 139 Å². The summed E-state index contributed by atoms with van der Waals surface area (Å²) in [6.07, 6.45) is 6.20. The molecular weight excluding hydrogens is 278 g/mol. The third kappa shape index (κ3) is 2.89. The Morgan fingerprint density at radius 1 is 0.957 bits per heavy atom. The number of fused-ring (bicyclic) bond motifs is 2. The summed E-state index contributed by atoms with van der Waals surface area (Å²) >= 11 is 0. The maximum atomic E-state index is 4.37. The lowest BCUT2D eigenvalue weighted by molar-refractivity contribution is 0.197. The van der Waals surface area contributed by atoms with E-state index in [9.17, 15) is 0 Å². The molecule has 0 saturated carbocycles. The van der Waals surface area contributed by atoms with E-state index in [1.54, 1.807) is 0 Å². The number of nitrogens with zero attached hydrogens (tertiary/aromatic N) is 1. The van der Waals surface area contributed by atoms with Crippen LogP contribution in [0.15, 0.2) is 78.9 Å². The highest BCUT2D eigenvalue weighted by Gasteiger charge is 2.36. The number of rotatable bonds is 4. The molecule has 2 atom stereocenters. The van der Waals surface area contributed by atoms with Crippen molar-refractivity contribution in [3.05, 3.63) is 90.0 Å². The molecule has 2 unspecified atom stereocenters.